The van der Waals surface area contributed by atoms with Gasteiger partial charge in [0.25, 0.3) is 0 Å². The molecule has 2 N–H and O–H groups in total. The molecule has 1 heterocycles. The highest BCUT2D eigenvalue weighted by Gasteiger charge is 2.20. The molecule has 2 aromatic rings. The van der Waals surface area contributed by atoms with Gasteiger partial charge in [0.15, 0.2) is 5.58 Å². The standard InChI is InChI=1S/C14H17N3O3/c1-17-11-5-4-10(6-12(11)20-14(17)19)16-13(18)8-15-7-9-2-3-9/h4-6,9,15H,2-3,7-8H2,1H3,(H,16,18). The van der Waals surface area contributed by atoms with Crippen molar-refractivity contribution < 1.29 is 9.21 Å². The number of carbonyl (C=O) groups is 1. The van der Waals surface area contributed by atoms with Crippen LogP contribution >= 0.6 is 0 Å². The van der Waals surface area contributed by atoms with Gasteiger partial charge in [0, 0.05) is 18.8 Å². The van der Waals surface area contributed by atoms with E-state index >= 15 is 0 Å². The fourth-order valence-corrected chi connectivity index (χ4v) is 2.13. The molecule has 1 aliphatic rings. The smallest absolute Gasteiger partial charge is 0.408 e. The number of amides is 1. The second-order valence-electron chi connectivity index (χ2n) is 5.23. The summed E-state index contributed by atoms with van der Waals surface area (Å²) in [4.78, 5) is 23.1. The van der Waals surface area contributed by atoms with Crippen LogP contribution in [0.15, 0.2) is 27.4 Å². The minimum absolute atomic E-state index is 0.0942. The van der Waals surface area contributed by atoms with Gasteiger partial charge in [-0.1, -0.05) is 0 Å². The number of anilines is 1. The summed E-state index contributed by atoms with van der Waals surface area (Å²) in [6, 6.07) is 5.18. The minimum atomic E-state index is -0.408. The zero-order chi connectivity index (χ0) is 14.1. The van der Waals surface area contributed by atoms with Crippen molar-refractivity contribution in [3.63, 3.8) is 0 Å². The van der Waals surface area contributed by atoms with Crippen molar-refractivity contribution in [2.75, 3.05) is 18.4 Å². The maximum absolute atomic E-state index is 11.8. The van der Waals surface area contributed by atoms with Gasteiger partial charge in [-0.3, -0.25) is 9.36 Å². The second-order valence-corrected chi connectivity index (χ2v) is 5.23. The number of aromatic nitrogens is 1. The van der Waals surface area contributed by atoms with Crippen LogP contribution < -0.4 is 16.4 Å². The molecule has 6 nitrogen and oxygen atoms in total. The zero-order valence-electron chi connectivity index (χ0n) is 11.3. The highest BCUT2D eigenvalue weighted by molar-refractivity contribution is 5.94. The van der Waals surface area contributed by atoms with Crippen molar-refractivity contribution in [2.45, 2.75) is 12.8 Å². The van der Waals surface area contributed by atoms with Gasteiger partial charge in [0.2, 0.25) is 5.91 Å². The Hall–Kier alpha value is -2.08. The van der Waals surface area contributed by atoms with Crippen LogP contribution in [0.25, 0.3) is 11.1 Å². The molecule has 0 unspecified atom stereocenters. The first-order valence-electron chi connectivity index (χ1n) is 6.73. The van der Waals surface area contributed by atoms with Crippen molar-refractivity contribution in [1.82, 2.24) is 9.88 Å². The molecular formula is C14H17N3O3. The molecule has 106 valence electrons. The topological polar surface area (TPSA) is 76.3 Å². The van der Waals surface area contributed by atoms with E-state index in [1.54, 1.807) is 25.2 Å². The van der Waals surface area contributed by atoms with Crippen molar-refractivity contribution in [3.05, 3.63) is 28.7 Å². The lowest BCUT2D eigenvalue weighted by Gasteiger charge is -2.06. The molecule has 1 aromatic heterocycles. The van der Waals surface area contributed by atoms with Crippen molar-refractivity contribution >= 4 is 22.7 Å². The number of nitrogens with one attached hydrogen (secondary N) is 2. The Bertz CT molecular complexity index is 697. The van der Waals surface area contributed by atoms with Crippen molar-refractivity contribution in [3.8, 4) is 0 Å². The molecule has 0 radical (unpaired) electrons. The van der Waals surface area contributed by atoms with E-state index in [0.717, 1.165) is 12.5 Å². The lowest BCUT2D eigenvalue weighted by molar-refractivity contribution is -0.115. The SMILES string of the molecule is Cn1c(=O)oc2cc(NC(=O)CNCC3CC3)ccc21. The van der Waals surface area contributed by atoms with E-state index in [2.05, 4.69) is 10.6 Å². The predicted octanol–water partition coefficient (Wildman–Crippen LogP) is 1.07. The van der Waals surface area contributed by atoms with Crippen LogP contribution in [0.3, 0.4) is 0 Å². The Labute approximate surface area is 115 Å². The molecule has 6 heteroatoms. The number of rotatable bonds is 5. The zero-order valence-corrected chi connectivity index (χ0v) is 11.3. The van der Waals surface area contributed by atoms with Crippen LogP contribution in [-0.2, 0) is 11.8 Å². The molecule has 1 aromatic carbocycles. The highest BCUT2D eigenvalue weighted by Crippen LogP contribution is 2.27. The Balaban J connectivity index is 1.64. The van der Waals surface area contributed by atoms with E-state index in [1.807, 2.05) is 0 Å². The summed E-state index contributed by atoms with van der Waals surface area (Å²) >= 11 is 0. The Morgan fingerprint density at radius 3 is 3.00 bits per heavy atom. The van der Waals surface area contributed by atoms with Crippen molar-refractivity contribution in [1.29, 1.82) is 0 Å². The number of nitrogens with zero attached hydrogens (tertiary/aromatic N) is 1. The first kappa shape index (κ1) is 12.9. The number of hydrogen-bond donors (Lipinski definition) is 2. The molecule has 0 bridgehead atoms. The fourth-order valence-electron chi connectivity index (χ4n) is 2.13. The summed E-state index contributed by atoms with van der Waals surface area (Å²) < 4.78 is 6.51. The maximum atomic E-state index is 11.8. The van der Waals surface area contributed by atoms with E-state index in [9.17, 15) is 9.59 Å². The molecule has 0 atom stereocenters. The summed E-state index contributed by atoms with van der Waals surface area (Å²) in [5.74, 6) is 0.246. The van der Waals surface area contributed by atoms with Gasteiger partial charge in [-0.05, 0) is 37.4 Å². The molecular weight excluding hydrogens is 258 g/mol. The van der Waals surface area contributed by atoms with Crippen molar-refractivity contribution in [2.24, 2.45) is 13.0 Å². The van der Waals surface area contributed by atoms with Gasteiger partial charge < -0.3 is 15.1 Å². The molecule has 1 amide bonds. The summed E-state index contributed by atoms with van der Waals surface area (Å²) in [5.41, 5.74) is 1.81. The maximum Gasteiger partial charge on any atom is 0.419 e. The average Bonchev–Trinajstić information content (AvgIpc) is 3.18. The number of aryl methyl sites for hydroxylation is 1. The third kappa shape index (κ3) is 2.75. The van der Waals surface area contributed by atoms with Gasteiger partial charge in [-0.25, -0.2) is 4.79 Å². The Morgan fingerprint density at radius 1 is 1.45 bits per heavy atom. The van der Waals surface area contributed by atoms with E-state index in [1.165, 1.54) is 17.4 Å². The van der Waals surface area contributed by atoms with Gasteiger partial charge >= 0.3 is 5.76 Å². The number of carbonyl (C=O) groups excluding carboxylic acids is 1. The van der Waals surface area contributed by atoms with Gasteiger partial charge in [0.05, 0.1) is 12.1 Å². The molecule has 1 fully saturated rings. The quantitative estimate of drug-likeness (QED) is 0.855. The van der Waals surface area contributed by atoms with E-state index in [0.29, 0.717) is 23.3 Å². The summed E-state index contributed by atoms with van der Waals surface area (Å²) in [7, 11) is 1.65. The fraction of sp³-hybridized carbons (Fsp3) is 0.429. The van der Waals surface area contributed by atoms with Crippen LogP contribution in [0.5, 0.6) is 0 Å². The first-order chi connectivity index (χ1) is 9.63. The Kier molecular flexibility index (Phi) is 3.31. The largest absolute Gasteiger partial charge is 0.419 e. The summed E-state index contributed by atoms with van der Waals surface area (Å²) in [5, 5.41) is 5.91. The van der Waals surface area contributed by atoms with E-state index in [4.69, 9.17) is 4.42 Å². The van der Waals surface area contributed by atoms with Crippen LogP contribution in [0.1, 0.15) is 12.8 Å². The molecule has 0 saturated heterocycles. The highest BCUT2D eigenvalue weighted by atomic mass is 16.4. The number of benzene rings is 1. The molecule has 3 rings (SSSR count). The van der Waals surface area contributed by atoms with Crippen LogP contribution in [0.2, 0.25) is 0 Å². The Morgan fingerprint density at radius 2 is 2.25 bits per heavy atom. The van der Waals surface area contributed by atoms with Gasteiger partial charge in [-0.2, -0.15) is 0 Å². The average molecular weight is 275 g/mol. The molecule has 1 saturated carbocycles. The van der Waals surface area contributed by atoms with Gasteiger partial charge in [0.1, 0.15) is 0 Å². The normalized spacial score (nSPS) is 14.7. The number of hydrogen-bond acceptors (Lipinski definition) is 4. The first-order valence-corrected chi connectivity index (χ1v) is 6.73. The monoisotopic (exact) mass is 275 g/mol. The lowest BCUT2D eigenvalue weighted by atomic mass is 10.3. The van der Waals surface area contributed by atoms with Crippen LogP contribution in [0.4, 0.5) is 5.69 Å². The van der Waals surface area contributed by atoms with Gasteiger partial charge in [-0.15, -0.1) is 0 Å². The minimum Gasteiger partial charge on any atom is -0.408 e. The second kappa shape index (κ2) is 5.13. The predicted molar refractivity (Wildman–Crippen MR) is 75.7 cm³/mol. The summed E-state index contributed by atoms with van der Waals surface area (Å²) in [6.45, 7) is 1.20. The van der Waals surface area contributed by atoms with E-state index < -0.39 is 5.76 Å². The lowest BCUT2D eigenvalue weighted by Crippen LogP contribution is -2.29. The molecule has 1 aliphatic carbocycles. The number of oxazole rings is 1. The van der Waals surface area contributed by atoms with Crippen LogP contribution in [0, 0.1) is 5.92 Å². The molecule has 0 aliphatic heterocycles. The van der Waals surface area contributed by atoms with E-state index in [-0.39, 0.29) is 5.91 Å². The molecule has 0 spiro atoms. The summed E-state index contributed by atoms with van der Waals surface area (Å²) in [6.07, 6.45) is 2.52. The number of fused-ring (bicyclic) bond motifs is 1. The molecule has 20 heavy (non-hydrogen) atoms. The van der Waals surface area contributed by atoms with Crippen LogP contribution in [-0.4, -0.2) is 23.6 Å². The third-order valence-electron chi connectivity index (χ3n) is 3.49. The third-order valence-corrected chi connectivity index (χ3v) is 3.49.